The Balaban J connectivity index is -0.000000480. The molecule has 0 aromatic rings. The van der Waals surface area contributed by atoms with Gasteiger partial charge in [-0.25, -0.2) is 0 Å². The summed E-state index contributed by atoms with van der Waals surface area (Å²) >= 11 is 0. The van der Waals surface area contributed by atoms with E-state index in [0.717, 1.165) is 0 Å². The van der Waals surface area contributed by atoms with Crippen molar-refractivity contribution in [3.8, 4) is 0 Å². The molecule has 0 spiro atoms. The second kappa shape index (κ2) is 7.24. The predicted molar refractivity (Wildman–Crippen MR) is 61.3 cm³/mol. The van der Waals surface area contributed by atoms with Crippen molar-refractivity contribution in [2.45, 2.75) is 38.4 Å². The monoisotopic (exact) mass is 263 g/mol. The highest BCUT2D eigenvalue weighted by Gasteiger charge is 2.50. The molecule has 5 nitrogen and oxygen atoms in total. The van der Waals surface area contributed by atoms with E-state index in [1.165, 1.54) is 0 Å². The van der Waals surface area contributed by atoms with Gasteiger partial charge in [0, 0.05) is 0 Å². The summed E-state index contributed by atoms with van der Waals surface area (Å²) in [5.41, 5.74) is 4.30. The summed E-state index contributed by atoms with van der Waals surface area (Å²) < 4.78 is 0. The number of primary amides is 1. The lowest BCUT2D eigenvalue weighted by Gasteiger charge is -2.28. The second-order valence-electron chi connectivity index (χ2n) is 3.42. The molecule has 1 rings (SSSR count). The molecule has 0 saturated heterocycles. The highest BCUT2D eigenvalue weighted by Crippen LogP contribution is 2.40. The van der Waals surface area contributed by atoms with E-state index in [9.17, 15) is 15.0 Å². The van der Waals surface area contributed by atoms with Crippen molar-refractivity contribution < 1.29 is 20.5 Å². The number of hydrogen-bond donors (Lipinski definition) is 3. The van der Waals surface area contributed by atoms with Crippen LogP contribution in [0.3, 0.4) is 0 Å². The van der Waals surface area contributed by atoms with Crippen molar-refractivity contribution in [3.05, 3.63) is 0 Å². The maximum absolute atomic E-state index is 11.1. The molecular formula is C8H19Cl2NO4. The highest BCUT2D eigenvalue weighted by molar-refractivity contribution is 5.85. The zero-order chi connectivity index (χ0) is 9.35. The number of halogens is 2. The first-order chi connectivity index (χ1) is 5.54. The first-order valence-corrected chi connectivity index (χ1v) is 4.20. The van der Waals surface area contributed by atoms with Gasteiger partial charge >= 0.3 is 0 Å². The van der Waals surface area contributed by atoms with Crippen molar-refractivity contribution in [1.82, 2.24) is 0 Å². The van der Waals surface area contributed by atoms with Gasteiger partial charge < -0.3 is 21.4 Å². The van der Waals surface area contributed by atoms with E-state index in [-0.39, 0.29) is 30.3 Å². The maximum Gasteiger partial charge on any atom is 0.226 e. The number of nitrogens with two attached hydrogens (primary N) is 1. The van der Waals surface area contributed by atoms with E-state index in [2.05, 4.69) is 0 Å². The van der Waals surface area contributed by atoms with Gasteiger partial charge in [0.25, 0.3) is 0 Å². The number of amides is 1. The lowest BCUT2D eigenvalue weighted by Crippen LogP contribution is -2.45. The van der Waals surface area contributed by atoms with Crippen LogP contribution in [0.15, 0.2) is 0 Å². The normalized spacial score (nSPS) is 33.3. The SMILES string of the molecule is CCC1(C(N)=O)CCC(O)C1O.Cl.Cl.O. The zero-order valence-corrected chi connectivity index (χ0v) is 10.1. The van der Waals surface area contributed by atoms with Crippen LogP contribution in [0.4, 0.5) is 0 Å². The first kappa shape index (κ1) is 20.4. The minimum absolute atomic E-state index is 0. The Morgan fingerprint density at radius 2 is 1.93 bits per heavy atom. The third-order valence-corrected chi connectivity index (χ3v) is 2.94. The zero-order valence-electron chi connectivity index (χ0n) is 8.47. The Morgan fingerprint density at radius 1 is 1.47 bits per heavy atom. The van der Waals surface area contributed by atoms with Gasteiger partial charge in [-0.2, -0.15) is 0 Å². The molecule has 3 unspecified atom stereocenters. The summed E-state index contributed by atoms with van der Waals surface area (Å²) in [5, 5.41) is 18.8. The molecular weight excluding hydrogens is 245 g/mol. The van der Waals surface area contributed by atoms with Crippen LogP contribution in [-0.2, 0) is 4.79 Å². The van der Waals surface area contributed by atoms with Crippen LogP contribution >= 0.6 is 24.8 Å². The van der Waals surface area contributed by atoms with E-state index in [1.807, 2.05) is 0 Å². The van der Waals surface area contributed by atoms with Crippen molar-refractivity contribution in [3.63, 3.8) is 0 Å². The van der Waals surface area contributed by atoms with Crippen LogP contribution < -0.4 is 5.73 Å². The van der Waals surface area contributed by atoms with Gasteiger partial charge in [-0.1, -0.05) is 6.92 Å². The van der Waals surface area contributed by atoms with Gasteiger partial charge in [-0.3, -0.25) is 4.79 Å². The van der Waals surface area contributed by atoms with Crippen molar-refractivity contribution in [2.24, 2.45) is 11.1 Å². The van der Waals surface area contributed by atoms with Gasteiger partial charge in [-0.05, 0) is 19.3 Å². The predicted octanol–water partition coefficient (Wildman–Crippen LogP) is -0.597. The molecule has 1 aliphatic rings. The lowest BCUT2D eigenvalue weighted by molar-refractivity contribution is -0.135. The third-order valence-electron chi connectivity index (χ3n) is 2.94. The third kappa shape index (κ3) is 3.19. The Bertz CT molecular complexity index is 205. The van der Waals surface area contributed by atoms with Gasteiger partial charge in [0.2, 0.25) is 5.91 Å². The highest BCUT2D eigenvalue weighted by atomic mass is 35.5. The molecule has 0 radical (unpaired) electrons. The Morgan fingerprint density at radius 3 is 2.07 bits per heavy atom. The molecule has 6 N–H and O–H groups in total. The van der Waals surface area contributed by atoms with Crippen LogP contribution in [-0.4, -0.2) is 33.8 Å². The first-order valence-electron chi connectivity index (χ1n) is 4.20. The number of aliphatic hydroxyl groups excluding tert-OH is 2. The van der Waals surface area contributed by atoms with E-state index in [0.29, 0.717) is 19.3 Å². The quantitative estimate of drug-likeness (QED) is 0.618. The Kier molecular flexibility index (Phi) is 9.83. The number of rotatable bonds is 2. The fourth-order valence-corrected chi connectivity index (χ4v) is 1.91. The summed E-state index contributed by atoms with van der Waals surface area (Å²) in [4.78, 5) is 11.1. The second-order valence-corrected chi connectivity index (χ2v) is 3.42. The molecule has 0 aliphatic heterocycles. The molecule has 7 heteroatoms. The number of aliphatic hydroxyl groups is 2. The van der Waals surface area contributed by atoms with Gasteiger partial charge in [0.1, 0.15) is 0 Å². The molecule has 1 aliphatic carbocycles. The van der Waals surface area contributed by atoms with E-state index in [4.69, 9.17) is 5.73 Å². The van der Waals surface area contributed by atoms with Gasteiger partial charge in [0.05, 0.1) is 17.6 Å². The Labute approximate surface area is 101 Å². The number of carbonyl (C=O) groups excluding carboxylic acids is 1. The molecule has 0 heterocycles. The number of carbonyl (C=O) groups is 1. The topological polar surface area (TPSA) is 115 Å². The number of hydrogen-bond acceptors (Lipinski definition) is 3. The molecule has 3 atom stereocenters. The molecule has 15 heavy (non-hydrogen) atoms. The molecule has 1 amide bonds. The van der Waals surface area contributed by atoms with Gasteiger partial charge in [-0.15, -0.1) is 24.8 Å². The fourth-order valence-electron chi connectivity index (χ4n) is 1.91. The molecule has 94 valence electrons. The molecule has 0 aromatic heterocycles. The summed E-state index contributed by atoms with van der Waals surface area (Å²) in [6.07, 6.45) is -0.350. The van der Waals surface area contributed by atoms with Crippen molar-refractivity contribution in [2.75, 3.05) is 0 Å². The molecule has 0 bridgehead atoms. The largest absolute Gasteiger partial charge is 0.412 e. The van der Waals surface area contributed by atoms with Crippen molar-refractivity contribution in [1.29, 1.82) is 0 Å². The van der Waals surface area contributed by atoms with Crippen LogP contribution in [0.5, 0.6) is 0 Å². The van der Waals surface area contributed by atoms with Crippen LogP contribution in [0.2, 0.25) is 0 Å². The van der Waals surface area contributed by atoms with E-state index < -0.39 is 23.5 Å². The van der Waals surface area contributed by atoms with Crippen molar-refractivity contribution >= 4 is 30.7 Å². The van der Waals surface area contributed by atoms with Crippen LogP contribution in [0.1, 0.15) is 26.2 Å². The standard InChI is InChI=1S/C8H15NO3.2ClH.H2O/c1-2-8(7(9)12)4-3-5(10)6(8)11;;;/h5-6,10-11H,2-4H2,1H3,(H2,9,12);2*1H;1H2. The summed E-state index contributed by atoms with van der Waals surface area (Å²) in [7, 11) is 0. The average Bonchev–Trinajstić information content (AvgIpc) is 2.31. The summed E-state index contributed by atoms with van der Waals surface area (Å²) in [6, 6.07) is 0. The molecule has 0 aromatic carbocycles. The van der Waals surface area contributed by atoms with Crippen LogP contribution in [0, 0.1) is 5.41 Å². The average molecular weight is 264 g/mol. The van der Waals surface area contributed by atoms with Crippen LogP contribution in [0.25, 0.3) is 0 Å². The van der Waals surface area contributed by atoms with E-state index in [1.54, 1.807) is 6.92 Å². The molecule has 1 fully saturated rings. The van der Waals surface area contributed by atoms with E-state index >= 15 is 0 Å². The smallest absolute Gasteiger partial charge is 0.226 e. The lowest BCUT2D eigenvalue weighted by atomic mass is 9.80. The minimum Gasteiger partial charge on any atom is -0.412 e. The minimum atomic E-state index is -0.986. The van der Waals surface area contributed by atoms with Gasteiger partial charge in [0.15, 0.2) is 0 Å². The maximum atomic E-state index is 11.1. The molecule has 1 saturated carbocycles. The Hall–Kier alpha value is -0.0700. The fraction of sp³-hybridized carbons (Fsp3) is 0.875. The summed E-state index contributed by atoms with van der Waals surface area (Å²) in [5.74, 6) is -0.506. The summed E-state index contributed by atoms with van der Waals surface area (Å²) in [6.45, 7) is 1.80.